The number of methoxy groups -OCH3 is 2. The Balaban J connectivity index is 1.25. The zero-order valence-electron chi connectivity index (χ0n) is 21.2. The molecule has 1 aromatic heterocycles. The summed E-state index contributed by atoms with van der Waals surface area (Å²) in [5.74, 6) is 2.65. The van der Waals surface area contributed by atoms with Gasteiger partial charge in [0, 0.05) is 45.3 Å². The first-order valence-corrected chi connectivity index (χ1v) is 12.3. The average Bonchev–Trinajstić information content (AvgIpc) is 3.47. The van der Waals surface area contributed by atoms with Gasteiger partial charge in [-0.05, 0) is 54.4 Å². The second-order valence-corrected chi connectivity index (χ2v) is 8.82. The quantitative estimate of drug-likeness (QED) is 0.433. The molecule has 1 aliphatic heterocycles. The van der Waals surface area contributed by atoms with E-state index in [9.17, 15) is 4.79 Å². The summed E-state index contributed by atoms with van der Waals surface area (Å²) in [5.41, 5.74) is 2.29. The number of rotatable bonds is 11. The standard InChI is InChI=1S/C28H35N3O5/c1-21(23-6-4-7-24(19-23)33-2)29-20-22-9-10-25(34-3)27(18-22)36-17-15-30-11-13-31(14-12-30)28(32)26-8-5-16-35-26/h4-10,16,18-19,21,29H,11-15,17,20H2,1-3H3/t21-/m0/s1. The third-order valence-electron chi connectivity index (χ3n) is 6.49. The number of ether oxygens (including phenoxy) is 3. The van der Waals surface area contributed by atoms with Gasteiger partial charge in [0.15, 0.2) is 17.3 Å². The van der Waals surface area contributed by atoms with Crippen LogP contribution in [0.15, 0.2) is 65.3 Å². The topological polar surface area (TPSA) is 76.4 Å². The first kappa shape index (κ1) is 25.6. The van der Waals surface area contributed by atoms with Gasteiger partial charge >= 0.3 is 0 Å². The zero-order valence-corrected chi connectivity index (χ0v) is 21.2. The SMILES string of the molecule is COc1cccc([C@H](C)NCc2ccc(OC)c(OCCN3CCN(C(=O)c4ccco4)CC3)c2)c1. The number of carbonyl (C=O) groups is 1. The van der Waals surface area contributed by atoms with Crippen molar-refractivity contribution in [3.05, 3.63) is 77.7 Å². The predicted molar refractivity (Wildman–Crippen MR) is 138 cm³/mol. The summed E-state index contributed by atoms with van der Waals surface area (Å²) >= 11 is 0. The number of nitrogens with one attached hydrogen (secondary N) is 1. The van der Waals surface area contributed by atoms with Crippen molar-refractivity contribution in [3.8, 4) is 17.2 Å². The van der Waals surface area contributed by atoms with Crippen LogP contribution >= 0.6 is 0 Å². The molecule has 2 heterocycles. The molecule has 0 bridgehead atoms. The van der Waals surface area contributed by atoms with E-state index >= 15 is 0 Å². The van der Waals surface area contributed by atoms with Crippen LogP contribution in [0.3, 0.4) is 0 Å². The second-order valence-electron chi connectivity index (χ2n) is 8.82. The van der Waals surface area contributed by atoms with Crippen LogP contribution in [0.2, 0.25) is 0 Å². The minimum Gasteiger partial charge on any atom is -0.497 e. The van der Waals surface area contributed by atoms with Crippen LogP contribution in [0.4, 0.5) is 0 Å². The van der Waals surface area contributed by atoms with Crippen molar-refractivity contribution < 1.29 is 23.4 Å². The van der Waals surface area contributed by atoms with Crippen LogP contribution in [0, 0.1) is 0 Å². The maximum atomic E-state index is 12.4. The molecule has 1 N–H and O–H groups in total. The van der Waals surface area contributed by atoms with Crippen molar-refractivity contribution in [2.45, 2.75) is 19.5 Å². The molecule has 36 heavy (non-hydrogen) atoms. The maximum Gasteiger partial charge on any atom is 0.289 e. The summed E-state index contributed by atoms with van der Waals surface area (Å²) in [5, 5.41) is 3.56. The van der Waals surface area contributed by atoms with Gasteiger partial charge in [0.1, 0.15) is 12.4 Å². The highest BCUT2D eigenvalue weighted by molar-refractivity contribution is 5.91. The summed E-state index contributed by atoms with van der Waals surface area (Å²) in [7, 11) is 3.33. The smallest absolute Gasteiger partial charge is 0.289 e. The molecular formula is C28H35N3O5. The molecule has 0 saturated carbocycles. The Bertz CT molecular complexity index is 1110. The van der Waals surface area contributed by atoms with Crippen molar-refractivity contribution in [1.82, 2.24) is 15.1 Å². The molecule has 3 aromatic rings. The lowest BCUT2D eigenvalue weighted by Gasteiger charge is -2.34. The Morgan fingerprint density at radius 2 is 1.83 bits per heavy atom. The third kappa shape index (κ3) is 6.59. The van der Waals surface area contributed by atoms with E-state index in [1.54, 1.807) is 26.4 Å². The van der Waals surface area contributed by atoms with Gasteiger partial charge in [0.2, 0.25) is 0 Å². The lowest BCUT2D eigenvalue weighted by atomic mass is 10.1. The minimum absolute atomic E-state index is 0.0493. The lowest BCUT2D eigenvalue weighted by molar-refractivity contribution is 0.0589. The van der Waals surface area contributed by atoms with Gasteiger partial charge in [-0.15, -0.1) is 0 Å². The molecule has 1 saturated heterocycles. The summed E-state index contributed by atoms with van der Waals surface area (Å²) < 4.78 is 22.2. The first-order chi connectivity index (χ1) is 17.6. The van der Waals surface area contributed by atoms with Crippen molar-refractivity contribution in [3.63, 3.8) is 0 Å². The van der Waals surface area contributed by atoms with E-state index in [-0.39, 0.29) is 11.9 Å². The van der Waals surface area contributed by atoms with Crippen LogP contribution in [-0.2, 0) is 6.54 Å². The number of nitrogens with zero attached hydrogens (tertiary/aromatic N) is 2. The molecule has 192 valence electrons. The molecule has 0 spiro atoms. The van der Waals surface area contributed by atoms with Crippen molar-refractivity contribution in [2.24, 2.45) is 0 Å². The zero-order chi connectivity index (χ0) is 25.3. The Hall–Kier alpha value is -3.49. The maximum absolute atomic E-state index is 12.4. The largest absolute Gasteiger partial charge is 0.497 e. The van der Waals surface area contributed by atoms with Crippen molar-refractivity contribution in [1.29, 1.82) is 0 Å². The fraction of sp³-hybridized carbons (Fsp3) is 0.393. The number of benzene rings is 2. The fourth-order valence-electron chi connectivity index (χ4n) is 4.26. The third-order valence-corrected chi connectivity index (χ3v) is 6.49. The van der Waals surface area contributed by atoms with E-state index in [1.165, 1.54) is 11.8 Å². The average molecular weight is 494 g/mol. The number of furan rings is 1. The Kier molecular flexibility index (Phi) is 8.86. The van der Waals surface area contributed by atoms with E-state index < -0.39 is 0 Å². The van der Waals surface area contributed by atoms with E-state index in [2.05, 4.69) is 23.2 Å². The molecule has 8 heteroatoms. The minimum atomic E-state index is -0.0493. The molecule has 0 aliphatic carbocycles. The molecule has 0 radical (unpaired) electrons. The molecular weight excluding hydrogens is 458 g/mol. The highest BCUT2D eigenvalue weighted by Gasteiger charge is 2.23. The first-order valence-electron chi connectivity index (χ1n) is 12.3. The summed E-state index contributed by atoms with van der Waals surface area (Å²) in [6.45, 7) is 7.12. The van der Waals surface area contributed by atoms with Gasteiger partial charge in [-0.25, -0.2) is 0 Å². The molecule has 1 fully saturated rings. The van der Waals surface area contributed by atoms with E-state index in [0.29, 0.717) is 37.8 Å². The van der Waals surface area contributed by atoms with Gasteiger partial charge in [-0.2, -0.15) is 0 Å². The Morgan fingerprint density at radius 1 is 1.00 bits per heavy atom. The van der Waals surface area contributed by atoms with Crippen molar-refractivity contribution in [2.75, 3.05) is 53.6 Å². The normalized spacial score (nSPS) is 14.9. The number of hydrogen-bond acceptors (Lipinski definition) is 7. The summed E-state index contributed by atoms with van der Waals surface area (Å²) in [6, 6.07) is 17.7. The van der Waals surface area contributed by atoms with Crippen LogP contribution in [0.25, 0.3) is 0 Å². The van der Waals surface area contributed by atoms with Crippen LogP contribution in [0.1, 0.15) is 34.6 Å². The molecule has 1 atom stereocenters. The molecule has 8 nitrogen and oxygen atoms in total. The molecule has 2 aromatic carbocycles. The molecule has 1 amide bonds. The number of piperazine rings is 1. The molecule has 4 rings (SSSR count). The van der Waals surface area contributed by atoms with Gasteiger partial charge in [-0.3, -0.25) is 9.69 Å². The predicted octanol–water partition coefficient (Wildman–Crippen LogP) is 3.98. The van der Waals surface area contributed by atoms with E-state index in [1.807, 2.05) is 41.3 Å². The lowest BCUT2D eigenvalue weighted by Crippen LogP contribution is -2.49. The Labute approximate surface area is 212 Å². The van der Waals surface area contributed by atoms with Crippen LogP contribution < -0.4 is 19.5 Å². The van der Waals surface area contributed by atoms with E-state index in [4.69, 9.17) is 18.6 Å². The highest BCUT2D eigenvalue weighted by atomic mass is 16.5. The van der Waals surface area contributed by atoms with Crippen LogP contribution in [-0.4, -0.2) is 69.3 Å². The van der Waals surface area contributed by atoms with E-state index in [0.717, 1.165) is 36.7 Å². The monoisotopic (exact) mass is 493 g/mol. The molecule has 0 unspecified atom stereocenters. The number of amides is 1. The number of carbonyl (C=O) groups excluding carboxylic acids is 1. The van der Waals surface area contributed by atoms with Gasteiger partial charge in [0.05, 0.1) is 20.5 Å². The Morgan fingerprint density at radius 3 is 2.56 bits per heavy atom. The van der Waals surface area contributed by atoms with Crippen molar-refractivity contribution >= 4 is 5.91 Å². The summed E-state index contributed by atoms with van der Waals surface area (Å²) in [4.78, 5) is 16.6. The van der Waals surface area contributed by atoms with Gasteiger partial charge in [0.25, 0.3) is 5.91 Å². The number of hydrogen-bond donors (Lipinski definition) is 1. The van der Waals surface area contributed by atoms with Gasteiger partial charge < -0.3 is 28.8 Å². The fourth-order valence-corrected chi connectivity index (χ4v) is 4.26. The summed E-state index contributed by atoms with van der Waals surface area (Å²) in [6.07, 6.45) is 1.53. The highest BCUT2D eigenvalue weighted by Crippen LogP contribution is 2.28. The second kappa shape index (κ2) is 12.5. The molecule has 1 aliphatic rings. The van der Waals surface area contributed by atoms with Crippen LogP contribution in [0.5, 0.6) is 17.2 Å². The van der Waals surface area contributed by atoms with Gasteiger partial charge in [-0.1, -0.05) is 18.2 Å².